The van der Waals surface area contributed by atoms with Crippen LogP contribution < -0.4 is 4.18 Å². The van der Waals surface area contributed by atoms with Gasteiger partial charge in [-0.25, -0.2) is 4.98 Å². The van der Waals surface area contributed by atoms with Gasteiger partial charge >= 0.3 is 10.1 Å². The van der Waals surface area contributed by atoms with Crippen molar-refractivity contribution in [2.75, 3.05) is 0 Å². The average Bonchev–Trinajstić information content (AvgIpc) is 2.62. The minimum absolute atomic E-state index is 0.0343. The molecule has 0 aliphatic rings. The molecule has 5 heteroatoms. The number of aromatic nitrogens is 1. The summed E-state index contributed by atoms with van der Waals surface area (Å²) in [7, 11) is -3.89. The Morgan fingerprint density at radius 3 is 2.12 bits per heavy atom. The first kappa shape index (κ1) is 16.9. The molecule has 0 aliphatic carbocycles. The molecule has 126 valence electrons. The minimum Gasteiger partial charge on any atom is -0.358 e. The molecule has 1 heterocycles. The standard InChI is InChI=1S/C20H17NO3S/c1-3-16-6-8-17(9-7-16)18-10-13-20(21-14-18)24-25(22,23)19-11-4-15(2)5-12-19/h3-14H,1H2,2H3. The maximum atomic E-state index is 12.3. The summed E-state index contributed by atoms with van der Waals surface area (Å²) < 4.78 is 29.6. The third-order valence-corrected chi connectivity index (χ3v) is 4.96. The maximum Gasteiger partial charge on any atom is 0.340 e. The maximum absolute atomic E-state index is 12.3. The van der Waals surface area contributed by atoms with Gasteiger partial charge in [0.2, 0.25) is 5.88 Å². The quantitative estimate of drug-likeness (QED) is 0.637. The summed E-state index contributed by atoms with van der Waals surface area (Å²) in [5, 5.41) is 0. The van der Waals surface area contributed by atoms with E-state index in [1.165, 1.54) is 12.1 Å². The minimum atomic E-state index is -3.89. The fourth-order valence-electron chi connectivity index (χ4n) is 2.28. The lowest BCUT2D eigenvalue weighted by molar-refractivity contribution is 0.476. The number of aryl methyl sites for hydroxylation is 1. The van der Waals surface area contributed by atoms with Gasteiger partial charge in [-0.2, -0.15) is 8.42 Å². The molecule has 0 amide bonds. The molecule has 0 radical (unpaired) electrons. The van der Waals surface area contributed by atoms with Gasteiger partial charge in [-0.1, -0.05) is 54.6 Å². The zero-order valence-electron chi connectivity index (χ0n) is 13.7. The number of rotatable bonds is 5. The van der Waals surface area contributed by atoms with Crippen LogP contribution in [-0.2, 0) is 10.1 Å². The first-order valence-corrected chi connectivity index (χ1v) is 9.09. The summed E-state index contributed by atoms with van der Waals surface area (Å²) in [5.41, 5.74) is 3.85. The van der Waals surface area contributed by atoms with E-state index in [1.807, 2.05) is 31.2 Å². The Bertz CT molecular complexity index is 975. The van der Waals surface area contributed by atoms with E-state index in [9.17, 15) is 8.42 Å². The lowest BCUT2D eigenvalue weighted by Crippen LogP contribution is -2.10. The molecule has 0 fully saturated rings. The molecule has 0 atom stereocenters. The predicted molar refractivity (Wildman–Crippen MR) is 98.8 cm³/mol. The molecule has 1 aromatic heterocycles. The third kappa shape index (κ3) is 3.95. The van der Waals surface area contributed by atoms with E-state index in [0.29, 0.717) is 0 Å². The van der Waals surface area contributed by atoms with E-state index in [4.69, 9.17) is 4.18 Å². The Balaban J connectivity index is 1.80. The van der Waals surface area contributed by atoms with E-state index >= 15 is 0 Å². The summed E-state index contributed by atoms with van der Waals surface area (Å²) in [4.78, 5) is 4.21. The first-order valence-electron chi connectivity index (χ1n) is 7.68. The number of pyridine rings is 1. The normalized spacial score (nSPS) is 11.1. The topological polar surface area (TPSA) is 56.3 Å². The molecule has 0 aliphatic heterocycles. The van der Waals surface area contributed by atoms with Crippen molar-refractivity contribution in [1.82, 2.24) is 4.98 Å². The monoisotopic (exact) mass is 351 g/mol. The second-order valence-corrected chi connectivity index (χ2v) is 7.11. The summed E-state index contributed by atoms with van der Waals surface area (Å²) >= 11 is 0. The fourth-order valence-corrected chi connectivity index (χ4v) is 3.17. The van der Waals surface area contributed by atoms with Crippen molar-refractivity contribution >= 4 is 16.2 Å². The lowest BCUT2D eigenvalue weighted by Gasteiger charge is -2.07. The van der Waals surface area contributed by atoms with Crippen molar-refractivity contribution in [2.24, 2.45) is 0 Å². The van der Waals surface area contributed by atoms with Gasteiger partial charge in [-0.15, -0.1) is 0 Å². The highest BCUT2D eigenvalue weighted by molar-refractivity contribution is 7.87. The second kappa shape index (κ2) is 6.91. The second-order valence-electron chi connectivity index (χ2n) is 5.56. The molecule has 3 rings (SSSR count). The van der Waals surface area contributed by atoms with Gasteiger partial charge in [0.25, 0.3) is 0 Å². The van der Waals surface area contributed by atoms with E-state index in [1.54, 1.807) is 36.5 Å². The van der Waals surface area contributed by atoms with Crippen LogP contribution in [0.5, 0.6) is 5.88 Å². The van der Waals surface area contributed by atoms with Gasteiger partial charge in [0.1, 0.15) is 4.90 Å². The van der Waals surface area contributed by atoms with Crippen LogP contribution >= 0.6 is 0 Å². The van der Waals surface area contributed by atoms with Crippen LogP contribution in [0.4, 0.5) is 0 Å². The lowest BCUT2D eigenvalue weighted by atomic mass is 10.1. The van der Waals surface area contributed by atoms with E-state index in [0.717, 1.165) is 22.3 Å². The zero-order chi connectivity index (χ0) is 17.9. The van der Waals surface area contributed by atoms with Gasteiger partial charge in [0, 0.05) is 17.8 Å². The van der Waals surface area contributed by atoms with Crippen LogP contribution in [0.15, 0.2) is 78.3 Å². The Kier molecular flexibility index (Phi) is 4.67. The molecule has 25 heavy (non-hydrogen) atoms. The van der Waals surface area contributed by atoms with Crippen LogP contribution in [0.25, 0.3) is 17.2 Å². The average molecular weight is 351 g/mol. The zero-order valence-corrected chi connectivity index (χ0v) is 14.5. The highest BCUT2D eigenvalue weighted by Gasteiger charge is 2.17. The Morgan fingerprint density at radius 1 is 0.920 bits per heavy atom. The van der Waals surface area contributed by atoms with Gasteiger partial charge in [-0.05, 0) is 36.2 Å². The third-order valence-electron chi connectivity index (χ3n) is 3.72. The molecule has 0 bridgehead atoms. The van der Waals surface area contributed by atoms with Crippen LogP contribution in [-0.4, -0.2) is 13.4 Å². The van der Waals surface area contributed by atoms with Gasteiger partial charge in [0.15, 0.2) is 0 Å². The Morgan fingerprint density at radius 2 is 1.56 bits per heavy atom. The van der Waals surface area contributed by atoms with Crippen molar-refractivity contribution in [3.8, 4) is 17.0 Å². The van der Waals surface area contributed by atoms with Gasteiger partial charge < -0.3 is 4.18 Å². The molecule has 0 unspecified atom stereocenters. The van der Waals surface area contributed by atoms with Crippen LogP contribution in [0.2, 0.25) is 0 Å². The Labute approximate surface area is 147 Å². The molecule has 4 nitrogen and oxygen atoms in total. The summed E-state index contributed by atoms with van der Waals surface area (Å²) in [6, 6.07) is 17.6. The molecule has 0 spiro atoms. The summed E-state index contributed by atoms with van der Waals surface area (Å²) in [6.07, 6.45) is 3.36. The fraction of sp³-hybridized carbons (Fsp3) is 0.0500. The van der Waals surface area contributed by atoms with E-state index in [-0.39, 0.29) is 10.8 Å². The summed E-state index contributed by atoms with van der Waals surface area (Å²) in [5.74, 6) is 0.0343. The SMILES string of the molecule is C=Cc1ccc(-c2ccc(OS(=O)(=O)c3ccc(C)cc3)nc2)cc1. The highest BCUT2D eigenvalue weighted by Crippen LogP contribution is 2.23. The Hall–Kier alpha value is -2.92. The number of nitrogens with zero attached hydrogens (tertiary/aromatic N) is 1. The van der Waals surface area contributed by atoms with Crippen molar-refractivity contribution < 1.29 is 12.6 Å². The van der Waals surface area contributed by atoms with Gasteiger partial charge in [0.05, 0.1) is 0 Å². The molecular weight excluding hydrogens is 334 g/mol. The first-order chi connectivity index (χ1) is 12.0. The predicted octanol–water partition coefficient (Wildman–Crippen LogP) is 4.47. The smallest absolute Gasteiger partial charge is 0.340 e. The van der Waals surface area contributed by atoms with E-state index in [2.05, 4.69) is 11.6 Å². The van der Waals surface area contributed by atoms with Crippen LogP contribution in [0.3, 0.4) is 0 Å². The molecule has 2 aromatic carbocycles. The number of hydrogen-bond acceptors (Lipinski definition) is 4. The van der Waals surface area contributed by atoms with Crippen molar-refractivity contribution in [3.63, 3.8) is 0 Å². The number of hydrogen-bond donors (Lipinski definition) is 0. The van der Waals surface area contributed by atoms with E-state index < -0.39 is 10.1 Å². The molecular formula is C20H17NO3S. The molecule has 0 N–H and O–H groups in total. The van der Waals surface area contributed by atoms with Gasteiger partial charge in [-0.3, -0.25) is 0 Å². The van der Waals surface area contributed by atoms with Crippen LogP contribution in [0.1, 0.15) is 11.1 Å². The van der Waals surface area contributed by atoms with Crippen molar-refractivity contribution in [1.29, 1.82) is 0 Å². The molecule has 0 saturated carbocycles. The van der Waals surface area contributed by atoms with Crippen LogP contribution in [0, 0.1) is 6.92 Å². The van der Waals surface area contributed by atoms with Crippen molar-refractivity contribution in [3.05, 3.63) is 84.6 Å². The highest BCUT2D eigenvalue weighted by atomic mass is 32.2. The largest absolute Gasteiger partial charge is 0.358 e. The summed E-state index contributed by atoms with van der Waals surface area (Å²) in [6.45, 7) is 5.61. The molecule has 3 aromatic rings. The van der Waals surface area contributed by atoms with Crippen molar-refractivity contribution in [2.45, 2.75) is 11.8 Å². The molecule has 0 saturated heterocycles. The number of benzene rings is 2.